The van der Waals surface area contributed by atoms with Crippen LogP contribution in [0.15, 0.2) is 15.8 Å². The molecule has 0 aliphatic carbocycles. The zero-order valence-electron chi connectivity index (χ0n) is 8.33. The normalized spacial score (nSPS) is 12.5. The monoisotopic (exact) mass is 272 g/mol. The van der Waals surface area contributed by atoms with Gasteiger partial charge in [-0.3, -0.25) is 9.78 Å². The van der Waals surface area contributed by atoms with Gasteiger partial charge >= 0.3 is 6.36 Å². The third kappa shape index (κ3) is 3.46. The molecule has 0 radical (unpaired) electrons. The maximum absolute atomic E-state index is 11.9. The van der Waals surface area contributed by atoms with Crippen LogP contribution < -0.4 is 15.4 Å². The molecule has 0 bridgehead atoms. The van der Waals surface area contributed by atoms with Crippen molar-refractivity contribution < 1.29 is 26.3 Å². The molecule has 1 rings (SSSR count). The quantitative estimate of drug-likeness (QED) is 0.804. The van der Waals surface area contributed by atoms with Crippen molar-refractivity contribution in [1.29, 1.82) is 0 Å². The Morgan fingerprint density at radius 1 is 1.41 bits per heavy atom. The lowest BCUT2D eigenvalue weighted by Crippen LogP contribution is -2.24. The van der Waals surface area contributed by atoms with Gasteiger partial charge in [-0.1, -0.05) is 0 Å². The van der Waals surface area contributed by atoms with Gasteiger partial charge < -0.3 is 4.74 Å². The SMILES string of the molecule is Cc1c(S(N)(=O)=O)cc(OC(F)(F)F)[nH]c1=O. The number of rotatable bonds is 2. The molecular formula is C7H7F3N2O4S. The van der Waals surface area contributed by atoms with Crippen molar-refractivity contribution >= 4 is 10.0 Å². The number of sulfonamides is 1. The van der Waals surface area contributed by atoms with Crippen molar-refractivity contribution in [1.82, 2.24) is 4.98 Å². The number of nitrogens with one attached hydrogen (secondary N) is 1. The average Bonchev–Trinajstić information content (AvgIpc) is 2.06. The van der Waals surface area contributed by atoms with Gasteiger partial charge in [-0.2, -0.15) is 0 Å². The highest BCUT2D eigenvalue weighted by atomic mass is 32.2. The van der Waals surface area contributed by atoms with E-state index in [9.17, 15) is 26.4 Å². The van der Waals surface area contributed by atoms with Gasteiger partial charge in [0.1, 0.15) is 0 Å². The van der Waals surface area contributed by atoms with Gasteiger partial charge in [-0.15, -0.1) is 13.2 Å². The Morgan fingerprint density at radius 3 is 2.35 bits per heavy atom. The highest BCUT2D eigenvalue weighted by Gasteiger charge is 2.32. The summed E-state index contributed by atoms with van der Waals surface area (Å²) in [7, 11) is -4.30. The Balaban J connectivity index is 3.40. The van der Waals surface area contributed by atoms with Crippen LogP contribution in [0, 0.1) is 6.92 Å². The molecule has 1 aromatic rings. The number of primary sulfonamides is 1. The highest BCUT2D eigenvalue weighted by Crippen LogP contribution is 2.22. The van der Waals surface area contributed by atoms with E-state index in [2.05, 4.69) is 4.74 Å². The second kappa shape index (κ2) is 4.04. The van der Waals surface area contributed by atoms with E-state index in [0.717, 1.165) is 6.92 Å². The molecule has 96 valence electrons. The van der Waals surface area contributed by atoms with Crippen LogP contribution in [0.25, 0.3) is 0 Å². The van der Waals surface area contributed by atoms with E-state index < -0.39 is 32.7 Å². The van der Waals surface area contributed by atoms with E-state index in [0.29, 0.717) is 6.07 Å². The molecule has 0 unspecified atom stereocenters. The van der Waals surface area contributed by atoms with Crippen molar-refractivity contribution in [3.05, 3.63) is 22.0 Å². The maximum Gasteiger partial charge on any atom is 0.574 e. The first-order valence-corrected chi connectivity index (χ1v) is 5.58. The number of hydrogen-bond donors (Lipinski definition) is 2. The fourth-order valence-corrected chi connectivity index (χ4v) is 1.85. The summed E-state index contributed by atoms with van der Waals surface area (Å²) in [5.74, 6) is -1.04. The Morgan fingerprint density at radius 2 is 1.94 bits per heavy atom. The third-order valence-corrected chi connectivity index (χ3v) is 2.78. The van der Waals surface area contributed by atoms with Crippen LogP contribution in [0.2, 0.25) is 0 Å². The van der Waals surface area contributed by atoms with E-state index in [1.807, 2.05) is 0 Å². The Bertz CT molecular complexity index is 590. The van der Waals surface area contributed by atoms with E-state index in [1.54, 1.807) is 4.98 Å². The predicted octanol–water partition coefficient (Wildman–Crippen LogP) is 0.229. The Hall–Kier alpha value is -1.55. The van der Waals surface area contributed by atoms with Gasteiger partial charge in [-0.05, 0) is 6.92 Å². The minimum atomic E-state index is -5.05. The molecule has 0 atom stereocenters. The van der Waals surface area contributed by atoms with Gasteiger partial charge in [0.2, 0.25) is 15.9 Å². The van der Waals surface area contributed by atoms with Gasteiger partial charge in [0, 0.05) is 11.6 Å². The summed E-state index contributed by atoms with van der Waals surface area (Å²) in [6, 6.07) is 0.500. The van der Waals surface area contributed by atoms with Crippen molar-refractivity contribution in [2.75, 3.05) is 0 Å². The highest BCUT2D eigenvalue weighted by molar-refractivity contribution is 7.89. The van der Waals surface area contributed by atoms with Crippen LogP contribution in [-0.2, 0) is 10.0 Å². The first kappa shape index (κ1) is 13.5. The Labute approximate surface area is 93.3 Å². The zero-order valence-corrected chi connectivity index (χ0v) is 9.15. The number of hydrogen-bond acceptors (Lipinski definition) is 4. The number of pyridine rings is 1. The third-order valence-electron chi connectivity index (χ3n) is 1.74. The van der Waals surface area contributed by atoms with Gasteiger partial charge in [0.15, 0.2) is 0 Å². The topological polar surface area (TPSA) is 102 Å². The summed E-state index contributed by atoms with van der Waals surface area (Å²) < 4.78 is 61.1. The van der Waals surface area contributed by atoms with Crippen LogP contribution in [0.1, 0.15) is 5.56 Å². The lowest BCUT2D eigenvalue weighted by Gasteiger charge is -2.10. The van der Waals surface area contributed by atoms with Crippen LogP contribution in [0.3, 0.4) is 0 Å². The minimum Gasteiger partial charge on any atom is -0.390 e. The minimum absolute atomic E-state index is 0.318. The molecule has 0 saturated carbocycles. The zero-order chi connectivity index (χ0) is 13.4. The van der Waals surface area contributed by atoms with Crippen LogP contribution in [0.4, 0.5) is 13.2 Å². The molecule has 0 amide bonds. The molecule has 1 heterocycles. The molecule has 6 nitrogen and oxygen atoms in total. The molecule has 0 aliphatic heterocycles. The van der Waals surface area contributed by atoms with Crippen molar-refractivity contribution in [2.45, 2.75) is 18.2 Å². The second-order valence-electron chi connectivity index (χ2n) is 3.04. The predicted molar refractivity (Wildman–Crippen MR) is 49.9 cm³/mol. The molecular weight excluding hydrogens is 265 g/mol. The second-order valence-corrected chi connectivity index (χ2v) is 4.57. The van der Waals surface area contributed by atoms with Crippen molar-refractivity contribution in [3.63, 3.8) is 0 Å². The number of halogens is 3. The number of H-pyrrole nitrogens is 1. The average molecular weight is 272 g/mol. The fraction of sp³-hybridized carbons (Fsp3) is 0.286. The molecule has 0 spiro atoms. The lowest BCUT2D eigenvalue weighted by molar-refractivity contribution is -0.276. The largest absolute Gasteiger partial charge is 0.574 e. The smallest absolute Gasteiger partial charge is 0.390 e. The molecule has 10 heteroatoms. The summed E-state index contributed by atoms with van der Waals surface area (Å²) in [5.41, 5.74) is -1.35. The molecule has 0 aliphatic rings. The van der Waals surface area contributed by atoms with Gasteiger partial charge in [-0.25, -0.2) is 13.6 Å². The van der Waals surface area contributed by atoms with Crippen molar-refractivity contribution in [3.8, 4) is 5.88 Å². The number of ether oxygens (including phenoxy) is 1. The van der Waals surface area contributed by atoms with E-state index in [-0.39, 0.29) is 5.56 Å². The van der Waals surface area contributed by atoms with Gasteiger partial charge in [0.05, 0.1) is 4.90 Å². The lowest BCUT2D eigenvalue weighted by atomic mass is 10.3. The number of aromatic amines is 1. The number of alkyl halides is 3. The van der Waals surface area contributed by atoms with E-state index in [1.165, 1.54) is 0 Å². The van der Waals surface area contributed by atoms with E-state index >= 15 is 0 Å². The molecule has 0 aromatic carbocycles. The maximum atomic E-state index is 11.9. The van der Waals surface area contributed by atoms with Gasteiger partial charge in [0.25, 0.3) is 5.56 Å². The molecule has 0 saturated heterocycles. The van der Waals surface area contributed by atoms with Crippen LogP contribution in [-0.4, -0.2) is 19.8 Å². The summed E-state index contributed by atoms with van der Waals surface area (Å²) >= 11 is 0. The first-order valence-electron chi connectivity index (χ1n) is 4.03. The summed E-state index contributed by atoms with van der Waals surface area (Å²) in [6.45, 7) is 1.11. The molecule has 3 N–H and O–H groups in total. The molecule has 1 aromatic heterocycles. The summed E-state index contributed by atoms with van der Waals surface area (Å²) in [4.78, 5) is 12.2. The Kier molecular flexibility index (Phi) is 3.21. The molecule has 0 fully saturated rings. The summed E-state index contributed by atoms with van der Waals surface area (Å²) in [6.07, 6.45) is -5.05. The van der Waals surface area contributed by atoms with Crippen LogP contribution >= 0.6 is 0 Å². The van der Waals surface area contributed by atoms with Crippen LogP contribution in [0.5, 0.6) is 5.88 Å². The number of nitrogens with two attached hydrogens (primary N) is 1. The van der Waals surface area contributed by atoms with E-state index in [4.69, 9.17) is 5.14 Å². The fourth-order valence-electron chi connectivity index (χ4n) is 1.06. The van der Waals surface area contributed by atoms with Crippen molar-refractivity contribution in [2.24, 2.45) is 5.14 Å². The first-order chi connectivity index (χ1) is 7.50. The number of aromatic nitrogens is 1. The summed E-state index contributed by atoms with van der Waals surface area (Å²) in [5, 5.41) is 4.74. The molecule has 17 heavy (non-hydrogen) atoms. The standard InChI is InChI=1S/C7H7F3N2O4S/c1-3-4(17(11,14)15)2-5(12-6(3)13)16-7(8,9)10/h2H,1H3,(H,12,13)(H2,11,14,15).